The quantitative estimate of drug-likeness (QED) is 0.692. The third-order valence-electron chi connectivity index (χ3n) is 4.93. The average Bonchev–Trinajstić information content (AvgIpc) is 3.54. The van der Waals surface area contributed by atoms with Crippen LogP contribution in [0.4, 0.5) is 5.69 Å². The third-order valence-corrected chi connectivity index (χ3v) is 4.93. The van der Waals surface area contributed by atoms with Crippen LogP contribution in [0, 0.1) is 6.92 Å². The highest BCUT2D eigenvalue weighted by Gasteiger charge is 2.26. The maximum absolute atomic E-state index is 11.9. The highest BCUT2D eigenvalue weighted by Crippen LogP contribution is 2.41. The fraction of sp³-hybridized carbons (Fsp3) is 0.227. The molecule has 1 fully saturated rings. The first kappa shape index (κ1) is 17.2. The summed E-state index contributed by atoms with van der Waals surface area (Å²) in [6.07, 6.45) is 3.99. The Labute approximate surface area is 158 Å². The predicted octanol–water partition coefficient (Wildman–Crippen LogP) is 3.94. The first-order chi connectivity index (χ1) is 13.0. The first-order valence-electron chi connectivity index (χ1n) is 9.12. The number of rotatable bonds is 4. The van der Waals surface area contributed by atoms with E-state index in [0.717, 1.165) is 33.8 Å². The lowest BCUT2D eigenvalue weighted by Gasteiger charge is -2.12. The minimum Gasteiger partial charge on any atom is -0.399 e. The third kappa shape index (κ3) is 3.53. The number of nitrogens with zero attached hydrogens (tertiary/aromatic N) is 2. The van der Waals surface area contributed by atoms with Gasteiger partial charge in [-0.2, -0.15) is 0 Å². The van der Waals surface area contributed by atoms with Gasteiger partial charge in [0.05, 0.1) is 5.69 Å². The Bertz CT molecular complexity index is 1020. The van der Waals surface area contributed by atoms with Crippen molar-refractivity contribution >= 4 is 11.6 Å². The van der Waals surface area contributed by atoms with Crippen molar-refractivity contribution in [2.45, 2.75) is 25.7 Å². The first-order valence-corrected chi connectivity index (χ1v) is 9.12. The van der Waals surface area contributed by atoms with Gasteiger partial charge in [0.1, 0.15) is 5.69 Å². The number of hydrogen-bond donors (Lipinski definition) is 2. The molecule has 0 atom stereocenters. The van der Waals surface area contributed by atoms with E-state index in [1.54, 1.807) is 19.3 Å². The van der Waals surface area contributed by atoms with Crippen molar-refractivity contribution in [2.24, 2.45) is 0 Å². The van der Waals surface area contributed by atoms with Gasteiger partial charge in [-0.3, -0.25) is 14.8 Å². The van der Waals surface area contributed by atoms with Crippen LogP contribution in [0.15, 0.2) is 48.7 Å². The van der Waals surface area contributed by atoms with Crippen molar-refractivity contribution in [1.29, 1.82) is 0 Å². The number of pyridine rings is 2. The minimum atomic E-state index is -0.206. The number of nitrogens with two attached hydrogens (primary N) is 1. The van der Waals surface area contributed by atoms with Crippen molar-refractivity contribution in [3.8, 4) is 22.4 Å². The molecule has 1 aromatic carbocycles. The maximum Gasteiger partial charge on any atom is 0.269 e. The molecule has 0 radical (unpaired) electrons. The molecule has 1 saturated carbocycles. The summed E-state index contributed by atoms with van der Waals surface area (Å²) in [7, 11) is 1.60. The van der Waals surface area contributed by atoms with Crippen LogP contribution in [0.5, 0.6) is 0 Å². The molecule has 1 aliphatic rings. The molecule has 1 aliphatic carbocycles. The molecule has 4 rings (SSSR count). The lowest BCUT2D eigenvalue weighted by molar-refractivity contribution is 0.0958. The lowest BCUT2D eigenvalue weighted by atomic mass is 9.97. The lowest BCUT2D eigenvalue weighted by Crippen LogP contribution is -2.19. The number of anilines is 1. The Balaban J connectivity index is 1.85. The molecular weight excluding hydrogens is 336 g/mol. The largest absolute Gasteiger partial charge is 0.399 e. The molecule has 0 spiro atoms. The summed E-state index contributed by atoms with van der Waals surface area (Å²) in [5.74, 6) is 0.312. The van der Waals surface area contributed by atoms with Gasteiger partial charge in [-0.1, -0.05) is 6.07 Å². The van der Waals surface area contributed by atoms with E-state index in [1.807, 2.05) is 24.3 Å². The summed E-state index contributed by atoms with van der Waals surface area (Å²) in [6.45, 7) is 2.09. The molecular formula is C22H22N4O. The van der Waals surface area contributed by atoms with Crippen LogP contribution in [0.3, 0.4) is 0 Å². The molecule has 136 valence electrons. The molecule has 3 N–H and O–H groups in total. The van der Waals surface area contributed by atoms with E-state index in [-0.39, 0.29) is 5.91 Å². The Morgan fingerprint density at radius 2 is 1.93 bits per heavy atom. The summed E-state index contributed by atoms with van der Waals surface area (Å²) in [6, 6.07) is 13.9. The van der Waals surface area contributed by atoms with Crippen LogP contribution in [0.2, 0.25) is 0 Å². The van der Waals surface area contributed by atoms with E-state index < -0.39 is 0 Å². The molecule has 3 aromatic rings. The van der Waals surface area contributed by atoms with E-state index in [1.165, 1.54) is 18.4 Å². The van der Waals surface area contributed by atoms with Crippen LogP contribution in [0.25, 0.3) is 22.4 Å². The van der Waals surface area contributed by atoms with Crippen molar-refractivity contribution in [3.05, 3.63) is 65.6 Å². The molecule has 2 aromatic heterocycles. The number of nitrogens with one attached hydrogen (secondary N) is 1. The molecule has 0 bridgehead atoms. The standard InChI is InChI=1S/C22H22N4O/c1-13-3-6-17(23)12-18(13)16-10-19(14-4-5-14)26-20(11-16)15-7-8-25-21(9-15)22(27)24-2/h3,6-12,14H,4-5,23H2,1-2H3,(H,24,27). The van der Waals surface area contributed by atoms with Gasteiger partial charge in [0.2, 0.25) is 0 Å². The van der Waals surface area contributed by atoms with Crippen LogP contribution in [0.1, 0.15) is 40.5 Å². The molecule has 0 saturated heterocycles. The van der Waals surface area contributed by atoms with Gasteiger partial charge < -0.3 is 11.1 Å². The summed E-state index contributed by atoms with van der Waals surface area (Å²) in [5, 5.41) is 2.61. The number of hydrogen-bond acceptors (Lipinski definition) is 4. The van der Waals surface area contributed by atoms with Crippen molar-refractivity contribution in [2.75, 3.05) is 12.8 Å². The highest BCUT2D eigenvalue weighted by molar-refractivity contribution is 5.93. The minimum absolute atomic E-state index is 0.206. The Morgan fingerprint density at radius 3 is 2.67 bits per heavy atom. The van der Waals surface area contributed by atoms with E-state index in [2.05, 4.69) is 29.4 Å². The zero-order valence-electron chi connectivity index (χ0n) is 15.5. The van der Waals surface area contributed by atoms with Gasteiger partial charge in [0.15, 0.2) is 0 Å². The van der Waals surface area contributed by atoms with Crippen LogP contribution >= 0.6 is 0 Å². The van der Waals surface area contributed by atoms with Crippen molar-refractivity contribution < 1.29 is 4.79 Å². The Kier molecular flexibility index (Phi) is 4.36. The Morgan fingerprint density at radius 1 is 1.11 bits per heavy atom. The predicted molar refractivity (Wildman–Crippen MR) is 107 cm³/mol. The second kappa shape index (κ2) is 6.83. The molecule has 5 heteroatoms. The zero-order valence-corrected chi connectivity index (χ0v) is 15.5. The van der Waals surface area contributed by atoms with Gasteiger partial charge in [-0.15, -0.1) is 0 Å². The second-order valence-electron chi connectivity index (χ2n) is 7.02. The molecule has 5 nitrogen and oxygen atoms in total. The van der Waals surface area contributed by atoms with Crippen LogP contribution in [-0.2, 0) is 0 Å². The number of aromatic nitrogens is 2. The average molecular weight is 358 g/mol. The maximum atomic E-state index is 11.9. The van der Waals surface area contributed by atoms with Gasteiger partial charge in [-0.05, 0) is 72.9 Å². The number of carbonyl (C=O) groups is 1. The van der Waals surface area contributed by atoms with Crippen molar-refractivity contribution in [3.63, 3.8) is 0 Å². The smallest absolute Gasteiger partial charge is 0.269 e. The molecule has 0 aliphatic heterocycles. The number of amides is 1. The van der Waals surface area contributed by atoms with Crippen molar-refractivity contribution in [1.82, 2.24) is 15.3 Å². The number of benzene rings is 1. The molecule has 27 heavy (non-hydrogen) atoms. The number of carbonyl (C=O) groups excluding carboxylic acids is 1. The topological polar surface area (TPSA) is 80.9 Å². The fourth-order valence-electron chi connectivity index (χ4n) is 3.24. The van der Waals surface area contributed by atoms with E-state index in [9.17, 15) is 4.79 Å². The zero-order chi connectivity index (χ0) is 19.0. The number of nitrogen functional groups attached to an aromatic ring is 1. The van der Waals surface area contributed by atoms with Crippen LogP contribution in [-0.4, -0.2) is 22.9 Å². The van der Waals surface area contributed by atoms with E-state index >= 15 is 0 Å². The van der Waals surface area contributed by atoms with Gasteiger partial charge in [0, 0.05) is 36.1 Å². The normalized spacial score (nSPS) is 13.4. The summed E-state index contributed by atoms with van der Waals surface area (Å²) < 4.78 is 0. The summed E-state index contributed by atoms with van der Waals surface area (Å²) in [4.78, 5) is 21.0. The summed E-state index contributed by atoms with van der Waals surface area (Å²) in [5.41, 5.74) is 13.4. The fourth-order valence-corrected chi connectivity index (χ4v) is 3.24. The SMILES string of the molecule is CNC(=O)c1cc(-c2cc(-c3cc(N)ccc3C)cc(C3CC3)n2)ccn1. The second-order valence-corrected chi connectivity index (χ2v) is 7.02. The number of aryl methyl sites for hydroxylation is 1. The Hall–Kier alpha value is -3.21. The highest BCUT2D eigenvalue weighted by atomic mass is 16.1. The monoisotopic (exact) mass is 358 g/mol. The van der Waals surface area contributed by atoms with Crippen LogP contribution < -0.4 is 11.1 Å². The van der Waals surface area contributed by atoms with E-state index in [0.29, 0.717) is 11.6 Å². The summed E-state index contributed by atoms with van der Waals surface area (Å²) >= 11 is 0. The molecule has 2 heterocycles. The van der Waals surface area contributed by atoms with Gasteiger partial charge >= 0.3 is 0 Å². The van der Waals surface area contributed by atoms with Gasteiger partial charge in [-0.25, -0.2) is 0 Å². The van der Waals surface area contributed by atoms with E-state index in [4.69, 9.17) is 10.7 Å². The molecule has 0 unspecified atom stereocenters. The molecule has 1 amide bonds. The van der Waals surface area contributed by atoms with Gasteiger partial charge in [0.25, 0.3) is 5.91 Å².